The number of nitrogens with zero attached hydrogens (tertiary/aromatic N) is 1. The zero-order valence-corrected chi connectivity index (χ0v) is 17.2. The van der Waals surface area contributed by atoms with Crippen molar-refractivity contribution in [2.24, 2.45) is 0 Å². The Labute approximate surface area is 164 Å². The highest BCUT2D eigenvalue weighted by molar-refractivity contribution is 7.92. The third-order valence-corrected chi connectivity index (χ3v) is 7.18. The third kappa shape index (κ3) is 5.56. The number of hydrogen-bond donors (Lipinski definition) is 0. The van der Waals surface area contributed by atoms with Gasteiger partial charge in [0.15, 0.2) is 21.3 Å². The molecule has 1 amide bonds. The van der Waals surface area contributed by atoms with Crippen molar-refractivity contribution >= 4 is 15.7 Å². The van der Waals surface area contributed by atoms with Crippen LogP contribution in [0.1, 0.15) is 44.6 Å². The molecule has 1 aliphatic carbocycles. The second-order valence-electron chi connectivity index (χ2n) is 7.05. The van der Waals surface area contributed by atoms with Gasteiger partial charge >= 0.3 is 6.61 Å². The summed E-state index contributed by atoms with van der Waals surface area (Å²) in [5, 5.41) is -1.19. The van der Waals surface area contributed by atoms with Crippen LogP contribution in [0.15, 0.2) is 18.2 Å². The molecule has 0 saturated heterocycles. The van der Waals surface area contributed by atoms with Crippen LogP contribution in [-0.4, -0.2) is 51.3 Å². The minimum Gasteiger partial charge on any atom is -0.493 e. The Kier molecular flexibility index (Phi) is 7.63. The molecule has 1 atom stereocenters. The van der Waals surface area contributed by atoms with Gasteiger partial charge in [-0.3, -0.25) is 4.79 Å². The highest BCUT2D eigenvalue weighted by atomic mass is 32.2. The first kappa shape index (κ1) is 22.4. The summed E-state index contributed by atoms with van der Waals surface area (Å²) in [6, 6.07) is 4.01. The number of methoxy groups -OCH3 is 1. The summed E-state index contributed by atoms with van der Waals surface area (Å²) >= 11 is 0. The zero-order chi connectivity index (χ0) is 20.9. The number of carbonyl (C=O) groups is 1. The van der Waals surface area contributed by atoms with E-state index in [4.69, 9.17) is 4.74 Å². The summed E-state index contributed by atoms with van der Waals surface area (Å²) < 4.78 is 59.7. The highest BCUT2D eigenvalue weighted by Gasteiger charge is 2.33. The fraction of sp³-hybridized carbons (Fsp3) is 0.632. The van der Waals surface area contributed by atoms with Gasteiger partial charge < -0.3 is 14.4 Å². The Balaban J connectivity index is 2.12. The van der Waals surface area contributed by atoms with Crippen LogP contribution < -0.4 is 9.47 Å². The maximum Gasteiger partial charge on any atom is 0.387 e. The molecule has 158 valence electrons. The fourth-order valence-corrected chi connectivity index (χ4v) is 4.81. The lowest BCUT2D eigenvalue weighted by Gasteiger charge is -2.32. The van der Waals surface area contributed by atoms with E-state index in [0.29, 0.717) is 5.56 Å². The van der Waals surface area contributed by atoms with Gasteiger partial charge in [0.1, 0.15) is 5.25 Å². The van der Waals surface area contributed by atoms with Gasteiger partial charge in [-0.1, -0.05) is 25.3 Å². The second-order valence-corrected chi connectivity index (χ2v) is 9.38. The van der Waals surface area contributed by atoms with E-state index < -0.39 is 33.4 Å². The first-order valence-corrected chi connectivity index (χ1v) is 11.0. The van der Waals surface area contributed by atoms with Crippen molar-refractivity contribution in [1.82, 2.24) is 4.90 Å². The molecule has 0 unspecified atom stereocenters. The molecular weight excluding hydrogens is 392 g/mol. The number of rotatable bonds is 8. The standard InChI is InChI=1S/C19H27F2NO5S/c1-13(18(23)22(2)15-7-5-4-6-8-15)28(24,25)12-14-9-10-16(27-19(20)21)17(11-14)26-3/h9-11,13,15,19H,4-8,12H2,1-3H3/t13-/m0/s1. The molecule has 9 heteroatoms. The summed E-state index contributed by atoms with van der Waals surface area (Å²) in [5.41, 5.74) is 0.332. The summed E-state index contributed by atoms with van der Waals surface area (Å²) in [5.74, 6) is -0.994. The molecule has 2 rings (SSSR count). The molecule has 1 aliphatic rings. The summed E-state index contributed by atoms with van der Waals surface area (Å²) in [7, 11) is -0.861. The maximum absolute atomic E-state index is 12.8. The predicted molar refractivity (Wildman–Crippen MR) is 101 cm³/mol. The first-order chi connectivity index (χ1) is 13.2. The average molecular weight is 419 g/mol. The van der Waals surface area contributed by atoms with Crippen molar-refractivity contribution in [2.75, 3.05) is 14.2 Å². The molecule has 1 aromatic carbocycles. The van der Waals surface area contributed by atoms with Gasteiger partial charge in [0.2, 0.25) is 5.91 Å². The molecule has 0 radical (unpaired) electrons. The molecule has 28 heavy (non-hydrogen) atoms. The lowest BCUT2D eigenvalue weighted by molar-refractivity contribution is -0.131. The van der Waals surface area contributed by atoms with E-state index in [1.165, 1.54) is 32.2 Å². The molecule has 0 N–H and O–H groups in total. The fourth-order valence-electron chi connectivity index (χ4n) is 3.44. The maximum atomic E-state index is 12.8. The Bertz CT molecular complexity index is 779. The van der Waals surface area contributed by atoms with Gasteiger partial charge in [-0.15, -0.1) is 0 Å². The average Bonchev–Trinajstić information content (AvgIpc) is 2.67. The highest BCUT2D eigenvalue weighted by Crippen LogP contribution is 2.30. The largest absolute Gasteiger partial charge is 0.493 e. The number of amides is 1. The van der Waals surface area contributed by atoms with E-state index in [0.717, 1.165) is 32.1 Å². The smallest absolute Gasteiger partial charge is 0.387 e. The number of ether oxygens (including phenoxy) is 2. The van der Waals surface area contributed by atoms with Crippen LogP contribution >= 0.6 is 0 Å². The van der Waals surface area contributed by atoms with E-state index >= 15 is 0 Å². The molecule has 6 nitrogen and oxygen atoms in total. The zero-order valence-electron chi connectivity index (χ0n) is 16.4. The molecule has 0 aliphatic heterocycles. The minimum atomic E-state index is -3.79. The molecule has 1 fully saturated rings. The summed E-state index contributed by atoms with van der Waals surface area (Å²) in [4.78, 5) is 14.3. The van der Waals surface area contributed by atoms with E-state index in [-0.39, 0.29) is 17.5 Å². The first-order valence-electron chi connectivity index (χ1n) is 9.25. The topological polar surface area (TPSA) is 72.9 Å². The molecule has 1 aromatic rings. The van der Waals surface area contributed by atoms with E-state index in [9.17, 15) is 22.0 Å². The van der Waals surface area contributed by atoms with Crippen molar-refractivity contribution in [3.8, 4) is 11.5 Å². The Morgan fingerprint density at radius 1 is 1.21 bits per heavy atom. The molecule has 1 saturated carbocycles. The van der Waals surface area contributed by atoms with Crippen LogP contribution in [0.25, 0.3) is 0 Å². The third-order valence-electron chi connectivity index (χ3n) is 5.17. The van der Waals surface area contributed by atoms with Gasteiger partial charge in [-0.25, -0.2) is 8.42 Å². The van der Waals surface area contributed by atoms with Crippen LogP contribution in [0.2, 0.25) is 0 Å². The van der Waals surface area contributed by atoms with Crippen LogP contribution in [0.5, 0.6) is 11.5 Å². The minimum absolute atomic E-state index is 0.00584. The van der Waals surface area contributed by atoms with E-state index in [1.807, 2.05) is 0 Å². The van der Waals surface area contributed by atoms with Gasteiger partial charge in [0, 0.05) is 13.1 Å². The van der Waals surface area contributed by atoms with Gasteiger partial charge in [0.05, 0.1) is 12.9 Å². The Morgan fingerprint density at radius 2 is 1.86 bits per heavy atom. The summed E-state index contributed by atoms with van der Waals surface area (Å²) in [6.45, 7) is -1.63. The van der Waals surface area contributed by atoms with Crippen LogP contribution in [0, 0.1) is 0 Å². The molecule has 0 bridgehead atoms. The Morgan fingerprint density at radius 3 is 2.43 bits per heavy atom. The number of halogens is 2. The van der Waals surface area contributed by atoms with E-state index in [2.05, 4.69) is 4.74 Å². The molecule has 0 aromatic heterocycles. The number of alkyl halides is 2. The molecule has 0 spiro atoms. The van der Waals surface area contributed by atoms with Crippen molar-refractivity contribution in [2.45, 2.75) is 62.7 Å². The van der Waals surface area contributed by atoms with Gasteiger partial charge in [-0.2, -0.15) is 8.78 Å². The van der Waals surface area contributed by atoms with Crippen molar-refractivity contribution in [3.05, 3.63) is 23.8 Å². The second kappa shape index (κ2) is 9.54. The SMILES string of the molecule is COc1cc(CS(=O)(=O)[C@@H](C)C(=O)N(C)C2CCCCC2)ccc1OC(F)F. The van der Waals surface area contributed by atoms with Crippen molar-refractivity contribution in [3.63, 3.8) is 0 Å². The van der Waals surface area contributed by atoms with Crippen molar-refractivity contribution < 1.29 is 31.5 Å². The molecule has 0 heterocycles. The van der Waals surface area contributed by atoms with Gasteiger partial charge in [-0.05, 0) is 37.5 Å². The van der Waals surface area contributed by atoms with Crippen molar-refractivity contribution in [1.29, 1.82) is 0 Å². The molecular formula is C19H27F2NO5S. The van der Waals surface area contributed by atoms with Crippen LogP contribution in [0.4, 0.5) is 8.78 Å². The number of hydrogen-bond acceptors (Lipinski definition) is 5. The summed E-state index contributed by atoms with van der Waals surface area (Å²) in [6.07, 6.45) is 4.99. The number of carbonyl (C=O) groups excluding carboxylic acids is 1. The lowest BCUT2D eigenvalue weighted by atomic mass is 9.94. The number of sulfone groups is 1. The monoisotopic (exact) mass is 419 g/mol. The van der Waals surface area contributed by atoms with Crippen LogP contribution in [0.3, 0.4) is 0 Å². The van der Waals surface area contributed by atoms with E-state index in [1.54, 1.807) is 11.9 Å². The Hall–Kier alpha value is -1.90. The van der Waals surface area contributed by atoms with Crippen LogP contribution in [-0.2, 0) is 20.4 Å². The number of benzene rings is 1. The predicted octanol–water partition coefficient (Wildman–Crippen LogP) is 3.39. The van der Waals surface area contributed by atoms with Gasteiger partial charge in [0.25, 0.3) is 0 Å². The normalized spacial score (nSPS) is 16.6. The lowest BCUT2D eigenvalue weighted by Crippen LogP contribution is -2.45. The quantitative estimate of drug-likeness (QED) is 0.646.